The number of fused-ring (bicyclic) bond motifs is 1. The van der Waals surface area contributed by atoms with Crippen LogP contribution >= 0.6 is 11.6 Å². The van der Waals surface area contributed by atoms with Gasteiger partial charge in [0, 0.05) is 16.3 Å². The first kappa shape index (κ1) is 20.6. The lowest BCUT2D eigenvalue weighted by Crippen LogP contribution is -2.21. The van der Waals surface area contributed by atoms with Gasteiger partial charge < -0.3 is 5.32 Å². The minimum absolute atomic E-state index is 0.0160. The Morgan fingerprint density at radius 3 is 2.35 bits per heavy atom. The van der Waals surface area contributed by atoms with Crippen molar-refractivity contribution in [3.63, 3.8) is 0 Å². The molecule has 0 spiro atoms. The summed E-state index contributed by atoms with van der Waals surface area (Å²) in [6.45, 7) is 0. The lowest BCUT2D eigenvalue weighted by atomic mass is 10.1. The third-order valence-electron chi connectivity index (χ3n) is 4.51. The van der Waals surface area contributed by atoms with E-state index in [0.717, 1.165) is 0 Å². The molecule has 1 aliphatic rings. The maximum atomic E-state index is 12.7. The highest BCUT2D eigenvalue weighted by atomic mass is 35.5. The summed E-state index contributed by atoms with van der Waals surface area (Å²) < 4.78 is 27.5. The van der Waals surface area contributed by atoms with Crippen molar-refractivity contribution in [2.45, 2.75) is 4.90 Å². The van der Waals surface area contributed by atoms with Gasteiger partial charge in [-0.05, 0) is 54.6 Å². The predicted molar refractivity (Wildman–Crippen MR) is 115 cm³/mol. The van der Waals surface area contributed by atoms with Crippen LogP contribution in [0.15, 0.2) is 71.6 Å². The summed E-state index contributed by atoms with van der Waals surface area (Å²) >= 11 is 5.79. The number of carbonyl (C=O) groups is 3. The Kier molecular flexibility index (Phi) is 5.22. The zero-order valence-electron chi connectivity index (χ0n) is 15.7. The third kappa shape index (κ3) is 4.14. The minimum atomic E-state index is -3.88. The van der Waals surface area contributed by atoms with Crippen molar-refractivity contribution in [1.82, 2.24) is 5.32 Å². The molecule has 8 nitrogen and oxygen atoms in total. The second-order valence-electron chi connectivity index (χ2n) is 6.61. The van der Waals surface area contributed by atoms with Crippen molar-refractivity contribution >= 4 is 50.7 Å². The molecule has 3 amide bonds. The number of nitrogens with one attached hydrogen (secondary N) is 3. The maximum absolute atomic E-state index is 12.7. The van der Waals surface area contributed by atoms with Crippen molar-refractivity contribution in [3.05, 3.63) is 88.4 Å². The molecule has 0 saturated heterocycles. The summed E-state index contributed by atoms with van der Waals surface area (Å²) in [6.07, 6.45) is 0. The maximum Gasteiger partial charge on any atom is 0.261 e. The van der Waals surface area contributed by atoms with Crippen LogP contribution in [0.5, 0.6) is 0 Å². The summed E-state index contributed by atoms with van der Waals surface area (Å²) in [5, 5.41) is 5.17. The fourth-order valence-electron chi connectivity index (χ4n) is 3.07. The van der Waals surface area contributed by atoms with E-state index in [-0.39, 0.29) is 33.0 Å². The highest BCUT2D eigenvalue weighted by Crippen LogP contribution is 2.25. The number of sulfonamides is 1. The molecule has 0 bridgehead atoms. The third-order valence-corrected chi connectivity index (χ3v) is 6.16. The number of anilines is 2. The highest BCUT2D eigenvalue weighted by molar-refractivity contribution is 7.92. The number of carbonyl (C=O) groups excluding carboxylic acids is 3. The number of imide groups is 1. The molecule has 4 rings (SSSR count). The molecule has 0 fully saturated rings. The van der Waals surface area contributed by atoms with Gasteiger partial charge >= 0.3 is 0 Å². The molecule has 1 heterocycles. The number of hydrogen-bond acceptors (Lipinski definition) is 5. The van der Waals surface area contributed by atoms with Crippen LogP contribution in [0.1, 0.15) is 31.1 Å². The Labute approximate surface area is 182 Å². The highest BCUT2D eigenvalue weighted by Gasteiger charge is 2.29. The molecule has 0 saturated carbocycles. The standard InChI is InChI=1S/C21H14ClN3O5S/c22-13-7-9-15(10-8-13)31(29,30)25-14-4-1-3-12(11-14)19(26)23-17-6-2-5-16-18(17)21(28)24-20(16)27/h1-11,25H,(H,23,26)(H,24,27,28). The fraction of sp³-hybridized carbons (Fsp3) is 0. The average Bonchev–Trinajstić information content (AvgIpc) is 3.03. The molecule has 0 unspecified atom stereocenters. The van der Waals surface area contributed by atoms with Crippen molar-refractivity contribution in [3.8, 4) is 0 Å². The largest absolute Gasteiger partial charge is 0.321 e. The van der Waals surface area contributed by atoms with Crippen LogP contribution in [0, 0.1) is 0 Å². The zero-order valence-corrected chi connectivity index (χ0v) is 17.3. The van der Waals surface area contributed by atoms with Gasteiger partial charge in [0.2, 0.25) is 0 Å². The Balaban J connectivity index is 1.57. The van der Waals surface area contributed by atoms with Gasteiger partial charge in [-0.25, -0.2) is 8.42 Å². The molecular weight excluding hydrogens is 442 g/mol. The average molecular weight is 456 g/mol. The lowest BCUT2D eigenvalue weighted by Gasteiger charge is -2.11. The first-order valence-corrected chi connectivity index (χ1v) is 10.8. The molecule has 3 aromatic carbocycles. The molecule has 0 aliphatic carbocycles. The molecule has 10 heteroatoms. The molecule has 156 valence electrons. The van der Waals surface area contributed by atoms with Crippen molar-refractivity contribution in [2.24, 2.45) is 0 Å². The molecule has 1 aliphatic heterocycles. The molecule has 3 N–H and O–H groups in total. The van der Waals surface area contributed by atoms with E-state index in [1.165, 1.54) is 60.7 Å². The van der Waals surface area contributed by atoms with Crippen LogP contribution < -0.4 is 15.4 Å². The van der Waals surface area contributed by atoms with Crippen LogP contribution in [0.2, 0.25) is 5.02 Å². The Hall–Kier alpha value is -3.69. The monoisotopic (exact) mass is 455 g/mol. The normalized spacial score (nSPS) is 12.8. The van der Waals surface area contributed by atoms with E-state index in [4.69, 9.17) is 11.6 Å². The van der Waals surface area contributed by atoms with Gasteiger partial charge in [0.25, 0.3) is 27.7 Å². The van der Waals surface area contributed by atoms with Gasteiger partial charge in [0.15, 0.2) is 0 Å². The Morgan fingerprint density at radius 2 is 1.61 bits per heavy atom. The van der Waals surface area contributed by atoms with Crippen LogP contribution in [-0.4, -0.2) is 26.1 Å². The van der Waals surface area contributed by atoms with Crippen LogP contribution in [0.25, 0.3) is 0 Å². The number of rotatable bonds is 5. The lowest BCUT2D eigenvalue weighted by molar-refractivity contribution is 0.0879. The summed E-state index contributed by atoms with van der Waals surface area (Å²) in [4.78, 5) is 36.5. The van der Waals surface area contributed by atoms with E-state index in [9.17, 15) is 22.8 Å². The predicted octanol–water partition coefficient (Wildman–Crippen LogP) is 3.28. The summed E-state index contributed by atoms with van der Waals surface area (Å²) in [5.41, 5.74) is 0.762. The van der Waals surface area contributed by atoms with Gasteiger partial charge in [-0.1, -0.05) is 23.7 Å². The topological polar surface area (TPSA) is 121 Å². The van der Waals surface area contributed by atoms with Crippen LogP contribution in [0.3, 0.4) is 0 Å². The number of hydrogen-bond donors (Lipinski definition) is 3. The van der Waals surface area contributed by atoms with E-state index >= 15 is 0 Å². The number of benzene rings is 3. The summed E-state index contributed by atoms with van der Waals surface area (Å²) in [7, 11) is -3.88. The van der Waals surface area contributed by atoms with E-state index < -0.39 is 27.7 Å². The summed E-state index contributed by atoms with van der Waals surface area (Å²) in [5.74, 6) is -1.71. The number of amides is 3. The fourth-order valence-corrected chi connectivity index (χ4v) is 4.24. The molecule has 0 radical (unpaired) electrons. The number of halogens is 1. The van der Waals surface area contributed by atoms with Crippen molar-refractivity contribution in [1.29, 1.82) is 0 Å². The second-order valence-corrected chi connectivity index (χ2v) is 8.72. The zero-order chi connectivity index (χ0) is 22.2. The minimum Gasteiger partial charge on any atom is -0.321 e. The van der Waals surface area contributed by atoms with Crippen LogP contribution in [-0.2, 0) is 10.0 Å². The molecular formula is C21H14ClN3O5S. The quantitative estimate of drug-likeness (QED) is 0.510. The van der Waals surface area contributed by atoms with Crippen molar-refractivity contribution < 1.29 is 22.8 Å². The van der Waals surface area contributed by atoms with E-state index in [1.807, 2.05) is 0 Å². The van der Waals surface area contributed by atoms with Gasteiger partial charge in [0.05, 0.1) is 21.7 Å². The van der Waals surface area contributed by atoms with Gasteiger partial charge in [0.1, 0.15) is 0 Å². The van der Waals surface area contributed by atoms with E-state index in [1.54, 1.807) is 6.07 Å². The summed E-state index contributed by atoms with van der Waals surface area (Å²) in [6, 6.07) is 16.0. The second kappa shape index (κ2) is 7.86. The van der Waals surface area contributed by atoms with Crippen LogP contribution in [0.4, 0.5) is 11.4 Å². The van der Waals surface area contributed by atoms with Gasteiger partial charge in [-0.2, -0.15) is 0 Å². The first-order valence-electron chi connectivity index (χ1n) is 8.93. The first-order chi connectivity index (χ1) is 14.7. The van der Waals surface area contributed by atoms with E-state index in [0.29, 0.717) is 5.02 Å². The van der Waals surface area contributed by atoms with Gasteiger partial charge in [-0.15, -0.1) is 0 Å². The van der Waals surface area contributed by atoms with E-state index in [2.05, 4.69) is 15.4 Å². The molecule has 0 atom stereocenters. The molecule has 3 aromatic rings. The Bertz CT molecular complexity index is 1340. The Morgan fingerprint density at radius 1 is 0.903 bits per heavy atom. The molecule has 0 aromatic heterocycles. The SMILES string of the molecule is O=C(Nc1cccc2c1C(=O)NC2=O)c1cccc(NS(=O)(=O)c2ccc(Cl)cc2)c1. The smallest absolute Gasteiger partial charge is 0.261 e. The van der Waals surface area contributed by atoms with Gasteiger partial charge in [-0.3, -0.25) is 24.4 Å². The van der Waals surface area contributed by atoms with Crippen molar-refractivity contribution in [2.75, 3.05) is 10.0 Å². The molecule has 31 heavy (non-hydrogen) atoms.